The fourth-order valence-electron chi connectivity index (χ4n) is 3.15. The van der Waals surface area contributed by atoms with Crippen LogP contribution in [0.25, 0.3) is 0 Å². The minimum absolute atomic E-state index is 0.00392. The summed E-state index contributed by atoms with van der Waals surface area (Å²) >= 11 is 0. The smallest absolute Gasteiger partial charge is 0.274 e. The van der Waals surface area contributed by atoms with Gasteiger partial charge in [-0.1, -0.05) is 12.1 Å². The van der Waals surface area contributed by atoms with E-state index in [1.807, 2.05) is 53.8 Å². The Labute approximate surface area is 142 Å². The van der Waals surface area contributed by atoms with Crippen LogP contribution >= 0.6 is 0 Å². The quantitative estimate of drug-likeness (QED) is 0.933. The Balaban J connectivity index is 1.86. The maximum absolute atomic E-state index is 13.0. The molecule has 0 aliphatic carbocycles. The first-order valence-electron chi connectivity index (χ1n) is 8.34. The lowest BCUT2D eigenvalue weighted by Crippen LogP contribution is -2.48. The van der Waals surface area contributed by atoms with Gasteiger partial charge >= 0.3 is 0 Å². The lowest BCUT2D eigenvalue weighted by molar-refractivity contribution is 0.0627. The molecule has 24 heavy (non-hydrogen) atoms. The van der Waals surface area contributed by atoms with Crippen molar-refractivity contribution in [1.29, 1.82) is 0 Å². The maximum Gasteiger partial charge on any atom is 0.274 e. The van der Waals surface area contributed by atoms with Gasteiger partial charge in [0, 0.05) is 31.9 Å². The van der Waals surface area contributed by atoms with E-state index in [-0.39, 0.29) is 11.9 Å². The van der Waals surface area contributed by atoms with Gasteiger partial charge in [0.25, 0.3) is 5.91 Å². The van der Waals surface area contributed by atoms with Crippen molar-refractivity contribution >= 4 is 5.91 Å². The Morgan fingerprint density at radius 2 is 2.12 bits per heavy atom. The highest BCUT2D eigenvalue weighted by molar-refractivity contribution is 5.92. The van der Waals surface area contributed by atoms with E-state index >= 15 is 0 Å². The molecule has 6 nitrogen and oxygen atoms in total. The number of aromatic nitrogens is 2. The van der Waals surface area contributed by atoms with Gasteiger partial charge in [-0.2, -0.15) is 5.10 Å². The third-order valence-electron chi connectivity index (χ3n) is 4.50. The fourth-order valence-corrected chi connectivity index (χ4v) is 3.15. The van der Waals surface area contributed by atoms with Gasteiger partial charge in [-0.15, -0.1) is 0 Å². The topological polar surface area (TPSA) is 59.4 Å². The van der Waals surface area contributed by atoms with E-state index in [1.165, 1.54) is 0 Å². The van der Waals surface area contributed by atoms with Crippen LogP contribution in [0.3, 0.4) is 0 Å². The molecule has 2 heterocycles. The van der Waals surface area contributed by atoms with Crippen molar-refractivity contribution in [1.82, 2.24) is 20.0 Å². The number of ether oxygens (including phenoxy) is 1. The predicted molar refractivity (Wildman–Crippen MR) is 92.3 cm³/mol. The van der Waals surface area contributed by atoms with E-state index in [2.05, 4.69) is 10.4 Å². The predicted octanol–water partition coefficient (Wildman–Crippen LogP) is 2.01. The Kier molecular flexibility index (Phi) is 4.85. The summed E-state index contributed by atoms with van der Waals surface area (Å²) in [6.45, 7) is 6.98. The van der Waals surface area contributed by atoms with Gasteiger partial charge < -0.3 is 15.0 Å². The zero-order chi connectivity index (χ0) is 17.1. The largest absolute Gasteiger partial charge is 0.497 e. The third kappa shape index (κ3) is 3.14. The highest BCUT2D eigenvalue weighted by atomic mass is 16.5. The molecule has 1 amide bonds. The monoisotopic (exact) mass is 328 g/mol. The molecule has 1 aliphatic heterocycles. The highest BCUT2D eigenvalue weighted by Crippen LogP contribution is 2.26. The number of hydrogen-bond donors (Lipinski definition) is 1. The number of benzene rings is 1. The summed E-state index contributed by atoms with van der Waals surface area (Å²) < 4.78 is 7.08. The van der Waals surface area contributed by atoms with E-state index in [1.54, 1.807) is 7.11 Å². The van der Waals surface area contributed by atoms with Crippen LogP contribution in [0, 0.1) is 6.92 Å². The van der Waals surface area contributed by atoms with Gasteiger partial charge in [0.1, 0.15) is 5.75 Å². The normalized spacial score (nSPS) is 17.8. The van der Waals surface area contributed by atoms with Crippen molar-refractivity contribution in [2.75, 3.05) is 26.7 Å². The van der Waals surface area contributed by atoms with Gasteiger partial charge in [-0.3, -0.25) is 9.48 Å². The molecule has 3 rings (SSSR count). The van der Waals surface area contributed by atoms with Crippen LogP contribution in [-0.4, -0.2) is 47.3 Å². The van der Waals surface area contributed by atoms with E-state index in [9.17, 15) is 4.79 Å². The summed E-state index contributed by atoms with van der Waals surface area (Å²) in [5.74, 6) is 0.810. The van der Waals surface area contributed by atoms with Crippen LogP contribution in [0.4, 0.5) is 0 Å². The zero-order valence-electron chi connectivity index (χ0n) is 14.5. The molecule has 0 saturated carbocycles. The maximum atomic E-state index is 13.0. The average Bonchev–Trinajstić information content (AvgIpc) is 3.02. The lowest BCUT2D eigenvalue weighted by atomic mass is 10.0. The van der Waals surface area contributed by atoms with Crippen LogP contribution < -0.4 is 10.1 Å². The molecule has 0 spiro atoms. The van der Waals surface area contributed by atoms with Crippen LogP contribution in [-0.2, 0) is 6.54 Å². The molecule has 1 N–H and O–H groups in total. The van der Waals surface area contributed by atoms with Crippen LogP contribution in [0.15, 0.2) is 30.3 Å². The molecule has 1 atom stereocenters. The molecular formula is C18H24N4O2. The minimum atomic E-state index is -0.00684. The summed E-state index contributed by atoms with van der Waals surface area (Å²) in [6, 6.07) is 9.79. The molecule has 128 valence electrons. The Hall–Kier alpha value is -2.34. The van der Waals surface area contributed by atoms with Crippen molar-refractivity contribution in [3.05, 3.63) is 47.3 Å². The van der Waals surface area contributed by atoms with Gasteiger partial charge in [0.05, 0.1) is 13.2 Å². The number of hydrogen-bond acceptors (Lipinski definition) is 4. The number of amides is 1. The zero-order valence-corrected chi connectivity index (χ0v) is 14.5. The average molecular weight is 328 g/mol. The number of carbonyl (C=O) groups is 1. The number of aryl methyl sites for hydroxylation is 2. The molecule has 1 saturated heterocycles. The number of nitrogens with zero attached hydrogens (tertiary/aromatic N) is 3. The number of carbonyl (C=O) groups excluding carboxylic acids is 1. The summed E-state index contributed by atoms with van der Waals surface area (Å²) in [5, 5.41) is 7.82. The Morgan fingerprint density at radius 1 is 1.38 bits per heavy atom. The summed E-state index contributed by atoms with van der Waals surface area (Å²) in [7, 11) is 1.65. The number of rotatable bonds is 4. The van der Waals surface area contributed by atoms with Crippen LogP contribution in [0.2, 0.25) is 0 Å². The molecule has 2 aromatic rings. The second kappa shape index (κ2) is 7.05. The SMILES string of the molecule is CCn1nc(C(=O)N2CCNC[C@H]2c2ccc(OC)cc2)cc1C. The summed E-state index contributed by atoms with van der Waals surface area (Å²) in [5.41, 5.74) is 2.63. The van der Waals surface area contributed by atoms with Crippen molar-refractivity contribution in [3.63, 3.8) is 0 Å². The Morgan fingerprint density at radius 3 is 2.75 bits per heavy atom. The van der Waals surface area contributed by atoms with Crippen LogP contribution in [0.5, 0.6) is 5.75 Å². The van der Waals surface area contributed by atoms with Gasteiger partial charge in [-0.05, 0) is 37.6 Å². The number of nitrogens with one attached hydrogen (secondary N) is 1. The Bertz CT molecular complexity index is 708. The first kappa shape index (κ1) is 16.5. The van der Waals surface area contributed by atoms with E-state index in [0.717, 1.165) is 36.6 Å². The summed E-state index contributed by atoms with van der Waals surface area (Å²) in [4.78, 5) is 14.9. The molecule has 1 aliphatic rings. The molecule has 1 aromatic heterocycles. The van der Waals surface area contributed by atoms with Gasteiger partial charge in [-0.25, -0.2) is 0 Å². The second-order valence-electron chi connectivity index (χ2n) is 5.98. The van der Waals surface area contributed by atoms with Crippen molar-refractivity contribution in [2.45, 2.75) is 26.4 Å². The first-order valence-corrected chi connectivity index (χ1v) is 8.34. The minimum Gasteiger partial charge on any atom is -0.497 e. The molecular weight excluding hydrogens is 304 g/mol. The molecule has 1 fully saturated rings. The van der Waals surface area contributed by atoms with Gasteiger partial charge in [0.15, 0.2) is 5.69 Å². The van der Waals surface area contributed by atoms with Crippen molar-refractivity contribution in [3.8, 4) is 5.75 Å². The molecule has 0 bridgehead atoms. The molecule has 0 radical (unpaired) electrons. The van der Waals surface area contributed by atoms with Crippen molar-refractivity contribution in [2.24, 2.45) is 0 Å². The fraction of sp³-hybridized carbons (Fsp3) is 0.444. The second-order valence-corrected chi connectivity index (χ2v) is 5.98. The lowest BCUT2D eigenvalue weighted by Gasteiger charge is -2.36. The first-order chi connectivity index (χ1) is 11.6. The summed E-state index contributed by atoms with van der Waals surface area (Å²) in [6.07, 6.45) is 0. The molecule has 1 aromatic carbocycles. The number of methoxy groups -OCH3 is 1. The third-order valence-corrected chi connectivity index (χ3v) is 4.50. The van der Waals surface area contributed by atoms with E-state index in [0.29, 0.717) is 12.2 Å². The highest BCUT2D eigenvalue weighted by Gasteiger charge is 2.30. The molecule has 6 heteroatoms. The van der Waals surface area contributed by atoms with E-state index in [4.69, 9.17) is 4.74 Å². The van der Waals surface area contributed by atoms with Crippen LogP contribution in [0.1, 0.15) is 34.7 Å². The van der Waals surface area contributed by atoms with Crippen molar-refractivity contribution < 1.29 is 9.53 Å². The van der Waals surface area contributed by atoms with Gasteiger partial charge in [0.2, 0.25) is 0 Å². The van der Waals surface area contributed by atoms with E-state index < -0.39 is 0 Å². The standard InChI is InChI=1S/C18H24N4O2/c1-4-22-13(2)11-16(20-22)18(23)21-10-9-19-12-17(21)14-5-7-15(24-3)8-6-14/h5-8,11,17,19H,4,9-10,12H2,1-3H3/t17-/m0/s1. The molecule has 0 unspecified atom stereocenters. The number of piperazine rings is 1.